The second-order valence-corrected chi connectivity index (χ2v) is 6.25. The molecule has 1 heteroatoms. The van der Waals surface area contributed by atoms with Crippen LogP contribution in [-0.4, -0.2) is 10.9 Å². The molecule has 0 N–H and O–H groups in total. The molecule has 0 heterocycles. The molecule has 2 rings (SSSR count). The van der Waals surface area contributed by atoms with Crippen LogP contribution in [0.15, 0.2) is 72.8 Å². The highest BCUT2D eigenvalue weighted by Gasteiger charge is 2.12. The molecule has 0 bridgehead atoms. The van der Waals surface area contributed by atoms with Crippen LogP contribution in [0, 0.1) is 5.92 Å². The zero-order valence-electron chi connectivity index (χ0n) is 13.9. The molecule has 0 spiro atoms. The van der Waals surface area contributed by atoms with Crippen molar-refractivity contribution in [1.82, 2.24) is 4.90 Å². The predicted octanol–water partition coefficient (Wildman–Crippen LogP) is 5.29. The summed E-state index contributed by atoms with van der Waals surface area (Å²) in [5.74, 6) is 0.595. The van der Waals surface area contributed by atoms with Crippen LogP contribution in [-0.2, 0) is 13.1 Å². The number of hydrogen-bond donors (Lipinski definition) is 0. The number of nitrogens with zero attached hydrogens (tertiary/aromatic N) is 1. The minimum absolute atomic E-state index is 0.419. The number of allylic oxidation sites excluding steroid dienone is 1. The molecule has 116 valence electrons. The summed E-state index contributed by atoms with van der Waals surface area (Å²) < 4.78 is 0. The lowest BCUT2D eigenvalue weighted by molar-refractivity contribution is 0.222. The zero-order valence-corrected chi connectivity index (χ0v) is 13.9. The van der Waals surface area contributed by atoms with Crippen molar-refractivity contribution >= 4 is 0 Å². The third-order valence-electron chi connectivity index (χ3n) is 3.81. The zero-order chi connectivity index (χ0) is 15.8. The second kappa shape index (κ2) is 8.55. The van der Waals surface area contributed by atoms with Gasteiger partial charge in [-0.15, -0.1) is 0 Å². The fourth-order valence-corrected chi connectivity index (χ4v) is 2.48. The lowest BCUT2D eigenvalue weighted by Crippen LogP contribution is -2.30. The maximum absolute atomic E-state index is 2.52. The fraction of sp³-hybridized carbons (Fsp3) is 0.333. The summed E-state index contributed by atoms with van der Waals surface area (Å²) in [5, 5.41) is 0. The Balaban J connectivity index is 2.12. The highest BCUT2D eigenvalue weighted by Crippen LogP contribution is 2.14. The fourth-order valence-electron chi connectivity index (χ4n) is 2.48. The van der Waals surface area contributed by atoms with Gasteiger partial charge in [-0.25, -0.2) is 0 Å². The Labute approximate surface area is 135 Å². The van der Waals surface area contributed by atoms with Gasteiger partial charge < -0.3 is 0 Å². The van der Waals surface area contributed by atoms with Gasteiger partial charge >= 0.3 is 0 Å². The van der Waals surface area contributed by atoms with Gasteiger partial charge in [0.2, 0.25) is 0 Å². The summed E-state index contributed by atoms with van der Waals surface area (Å²) in [7, 11) is 0. The minimum atomic E-state index is 0.419. The van der Waals surface area contributed by atoms with Gasteiger partial charge in [-0.05, 0) is 24.0 Å². The van der Waals surface area contributed by atoms with E-state index in [9.17, 15) is 0 Å². The van der Waals surface area contributed by atoms with Crippen molar-refractivity contribution < 1.29 is 0 Å². The Hall–Kier alpha value is -1.86. The number of hydrogen-bond acceptors (Lipinski definition) is 1. The largest absolute Gasteiger partial charge is 0.289 e. The van der Waals surface area contributed by atoms with Crippen LogP contribution in [0.25, 0.3) is 0 Å². The highest BCUT2D eigenvalue weighted by atomic mass is 15.1. The predicted molar refractivity (Wildman–Crippen MR) is 95.6 cm³/mol. The quantitative estimate of drug-likeness (QED) is 0.627. The molecule has 0 fully saturated rings. The van der Waals surface area contributed by atoms with E-state index in [-0.39, 0.29) is 0 Å². The standard InChI is InChI=1S/C21H27N/c1-18(2)14-15-19(3)22(16-20-10-6-4-7-11-20)17-21-12-8-5-9-13-21/h4-15,18-19H,16-17H2,1-3H3/b15-14-/t19-/m0/s1. The first-order valence-electron chi connectivity index (χ1n) is 8.15. The second-order valence-electron chi connectivity index (χ2n) is 6.25. The molecule has 0 radical (unpaired) electrons. The van der Waals surface area contributed by atoms with Gasteiger partial charge in [-0.1, -0.05) is 86.7 Å². The van der Waals surface area contributed by atoms with E-state index in [1.54, 1.807) is 0 Å². The minimum Gasteiger partial charge on any atom is -0.289 e. The van der Waals surface area contributed by atoms with Gasteiger partial charge in [0.1, 0.15) is 0 Å². The van der Waals surface area contributed by atoms with Crippen molar-refractivity contribution in [2.45, 2.75) is 39.9 Å². The average molecular weight is 293 g/mol. The smallest absolute Gasteiger partial charge is 0.0257 e. The first-order valence-corrected chi connectivity index (χ1v) is 8.15. The molecular weight excluding hydrogens is 266 g/mol. The Kier molecular flexibility index (Phi) is 6.42. The van der Waals surface area contributed by atoms with Crippen molar-refractivity contribution in [3.8, 4) is 0 Å². The first kappa shape index (κ1) is 16.5. The molecule has 0 aliphatic rings. The van der Waals surface area contributed by atoms with Crippen LogP contribution in [0.1, 0.15) is 31.9 Å². The summed E-state index contributed by atoms with van der Waals surface area (Å²) in [6.45, 7) is 8.67. The van der Waals surface area contributed by atoms with E-state index < -0.39 is 0 Å². The third-order valence-corrected chi connectivity index (χ3v) is 3.81. The molecule has 22 heavy (non-hydrogen) atoms. The van der Waals surface area contributed by atoms with Gasteiger partial charge in [0.15, 0.2) is 0 Å². The Morgan fingerprint density at radius 3 is 1.59 bits per heavy atom. The highest BCUT2D eigenvalue weighted by molar-refractivity contribution is 5.18. The molecule has 0 aromatic heterocycles. The van der Waals surface area contributed by atoms with E-state index in [4.69, 9.17) is 0 Å². The van der Waals surface area contributed by atoms with E-state index in [0.717, 1.165) is 13.1 Å². The first-order chi connectivity index (χ1) is 10.6. The molecule has 0 saturated carbocycles. The molecular formula is C21H27N. The van der Waals surface area contributed by atoms with Crippen LogP contribution < -0.4 is 0 Å². The monoisotopic (exact) mass is 293 g/mol. The van der Waals surface area contributed by atoms with Gasteiger partial charge in [-0.3, -0.25) is 4.90 Å². The van der Waals surface area contributed by atoms with Crippen molar-refractivity contribution in [3.63, 3.8) is 0 Å². The van der Waals surface area contributed by atoms with Gasteiger partial charge in [0, 0.05) is 19.1 Å². The van der Waals surface area contributed by atoms with Gasteiger partial charge in [0.25, 0.3) is 0 Å². The molecule has 1 nitrogen and oxygen atoms in total. The Bertz CT molecular complexity index is 515. The molecule has 0 aliphatic carbocycles. The molecule has 0 unspecified atom stereocenters. The van der Waals surface area contributed by atoms with Gasteiger partial charge in [0.05, 0.1) is 0 Å². The molecule has 0 amide bonds. The van der Waals surface area contributed by atoms with E-state index in [2.05, 4.69) is 98.5 Å². The Morgan fingerprint density at radius 2 is 1.18 bits per heavy atom. The summed E-state index contributed by atoms with van der Waals surface area (Å²) in [6, 6.07) is 21.9. The maximum Gasteiger partial charge on any atom is 0.0257 e. The van der Waals surface area contributed by atoms with Crippen LogP contribution in [0.4, 0.5) is 0 Å². The molecule has 1 atom stereocenters. The topological polar surface area (TPSA) is 3.24 Å². The molecule has 2 aromatic rings. The van der Waals surface area contributed by atoms with E-state index in [1.807, 2.05) is 0 Å². The lowest BCUT2D eigenvalue weighted by atomic mass is 10.1. The van der Waals surface area contributed by atoms with Crippen LogP contribution in [0.2, 0.25) is 0 Å². The molecule has 0 saturated heterocycles. The lowest BCUT2D eigenvalue weighted by Gasteiger charge is -2.27. The van der Waals surface area contributed by atoms with E-state index in [0.29, 0.717) is 12.0 Å². The summed E-state index contributed by atoms with van der Waals surface area (Å²) in [4.78, 5) is 2.52. The van der Waals surface area contributed by atoms with E-state index >= 15 is 0 Å². The van der Waals surface area contributed by atoms with Crippen molar-refractivity contribution in [2.75, 3.05) is 0 Å². The normalized spacial score (nSPS) is 13.1. The van der Waals surface area contributed by atoms with Gasteiger partial charge in [-0.2, -0.15) is 0 Å². The van der Waals surface area contributed by atoms with Crippen molar-refractivity contribution in [2.24, 2.45) is 5.92 Å². The van der Waals surface area contributed by atoms with Crippen molar-refractivity contribution in [3.05, 3.63) is 83.9 Å². The third kappa shape index (κ3) is 5.50. The number of benzene rings is 2. The molecule has 2 aromatic carbocycles. The summed E-state index contributed by atoms with van der Waals surface area (Å²) in [6.07, 6.45) is 4.63. The number of rotatable bonds is 7. The van der Waals surface area contributed by atoms with Crippen LogP contribution in [0.5, 0.6) is 0 Å². The Morgan fingerprint density at radius 1 is 0.727 bits per heavy atom. The van der Waals surface area contributed by atoms with Crippen LogP contribution >= 0.6 is 0 Å². The maximum atomic E-state index is 2.52. The molecule has 0 aliphatic heterocycles. The van der Waals surface area contributed by atoms with Crippen molar-refractivity contribution in [1.29, 1.82) is 0 Å². The van der Waals surface area contributed by atoms with E-state index in [1.165, 1.54) is 11.1 Å². The van der Waals surface area contributed by atoms with Crippen LogP contribution in [0.3, 0.4) is 0 Å². The summed E-state index contributed by atoms with van der Waals surface area (Å²) in [5.41, 5.74) is 2.73. The summed E-state index contributed by atoms with van der Waals surface area (Å²) >= 11 is 0. The SMILES string of the molecule is CC(C)/C=C\[C@H](C)N(Cc1ccccc1)Cc1ccccc1. The average Bonchev–Trinajstić information content (AvgIpc) is 2.54.